The Balaban J connectivity index is 2.21. The first-order chi connectivity index (χ1) is 10.2. The van der Waals surface area contributed by atoms with Crippen LogP contribution in [0, 0.1) is 5.41 Å². The van der Waals surface area contributed by atoms with Crippen molar-refractivity contribution in [1.82, 2.24) is 0 Å². The van der Waals surface area contributed by atoms with E-state index in [0.29, 0.717) is 31.1 Å². The van der Waals surface area contributed by atoms with Crippen LogP contribution in [0.25, 0.3) is 0 Å². The van der Waals surface area contributed by atoms with Gasteiger partial charge in [0, 0.05) is 19.1 Å². The van der Waals surface area contributed by atoms with Crippen molar-refractivity contribution in [1.29, 1.82) is 0 Å². The molecule has 1 aromatic carbocycles. The molecular formula is C17H25NO3. The molecular weight excluding hydrogens is 266 g/mol. The van der Waals surface area contributed by atoms with E-state index in [-0.39, 0.29) is 5.78 Å². The number of nitrogens with two attached hydrogens (primary N) is 1. The van der Waals surface area contributed by atoms with Crippen LogP contribution in [0.4, 0.5) is 0 Å². The second-order valence-electron chi connectivity index (χ2n) is 5.71. The van der Waals surface area contributed by atoms with Crippen molar-refractivity contribution in [3.05, 3.63) is 29.8 Å². The molecule has 0 saturated heterocycles. The molecule has 0 spiro atoms. The fourth-order valence-corrected chi connectivity index (χ4v) is 3.05. The maximum Gasteiger partial charge on any atom is 0.173 e. The Morgan fingerprint density at radius 2 is 1.90 bits per heavy atom. The van der Waals surface area contributed by atoms with Gasteiger partial charge in [0.05, 0.1) is 12.2 Å². The van der Waals surface area contributed by atoms with Crippen LogP contribution in [0.2, 0.25) is 0 Å². The maximum absolute atomic E-state index is 13.0. The lowest BCUT2D eigenvalue weighted by Gasteiger charge is -2.35. The zero-order chi connectivity index (χ0) is 15.1. The Morgan fingerprint density at radius 1 is 1.19 bits per heavy atom. The Bertz CT molecular complexity index is 467. The monoisotopic (exact) mass is 291 g/mol. The molecule has 0 bridgehead atoms. The molecule has 1 fully saturated rings. The van der Waals surface area contributed by atoms with Crippen LogP contribution in [0.1, 0.15) is 42.5 Å². The topological polar surface area (TPSA) is 61.5 Å². The summed E-state index contributed by atoms with van der Waals surface area (Å²) in [4.78, 5) is 13.0. The minimum absolute atomic E-state index is 0.137. The van der Waals surface area contributed by atoms with Crippen LogP contribution in [0.3, 0.4) is 0 Å². The quantitative estimate of drug-likeness (QED) is 0.620. The van der Waals surface area contributed by atoms with Gasteiger partial charge in [-0.2, -0.15) is 0 Å². The molecule has 0 radical (unpaired) electrons. The van der Waals surface area contributed by atoms with Crippen molar-refractivity contribution < 1.29 is 14.3 Å². The van der Waals surface area contributed by atoms with Gasteiger partial charge in [0.15, 0.2) is 5.78 Å². The van der Waals surface area contributed by atoms with E-state index in [1.807, 2.05) is 24.3 Å². The van der Waals surface area contributed by atoms with Gasteiger partial charge < -0.3 is 15.2 Å². The molecule has 1 saturated carbocycles. The second kappa shape index (κ2) is 7.57. The summed E-state index contributed by atoms with van der Waals surface area (Å²) in [6.07, 6.45) is 5.12. The SMILES string of the molecule is COCCOc1ccccc1C(=O)C1(CN)CCCCC1. The molecule has 0 aromatic heterocycles. The van der Waals surface area contributed by atoms with Gasteiger partial charge in [-0.25, -0.2) is 0 Å². The summed E-state index contributed by atoms with van der Waals surface area (Å²) in [5, 5.41) is 0. The summed E-state index contributed by atoms with van der Waals surface area (Å²) in [6.45, 7) is 1.36. The Kier molecular flexibility index (Phi) is 5.76. The molecule has 2 N–H and O–H groups in total. The number of ether oxygens (including phenoxy) is 2. The minimum atomic E-state index is -0.404. The molecule has 1 aliphatic carbocycles. The number of carbonyl (C=O) groups excluding carboxylic acids is 1. The molecule has 0 unspecified atom stereocenters. The number of benzene rings is 1. The van der Waals surface area contributed by atoms with Crippen molar-refractivity contribution in [3.63, 3.8) is 0 Å². The van der Waals surface area contributed by atoms with E-state index in [4.69, 9.17) is 15.2 Å². The fourth-order valence-electron chi connectivity index (χ4n) is 3.05. The highest BCUT2D eigenvalue weighted by Crippen LogP contribution is 2.39. The highest BCUT2D eigenvalue weighted by atomic mass is 16.5. The predicted molar refractivity (Wildman–Crippen MR) is 82.7 cm³/mol. The lowest BCUT2D eigenvalue weighted by Crippen LogP contribution is -2.40. The summed E-state index contributed by atoms with van der Waals surface area (Å²) in [6, 6.07) is 7.45. The van der Waals surface area contributed by atoms with Gasteiger partial charge in [0.2, 0.25) is 0 Å². The maximum atomic E-state index is 13.0. The average Bonchev–Trinajstić information content (AvgIpc) is 2.55. The Hall–Kier alpha value is -1.39. The van der Waals surface area contributed by atoms with Gasteiger partial charge in [-0.15, -0.1) is 0 Å². The van der Waals surface area contributed by atoms with E-state index in [1.54, 1.807) is 7.11 Å². The standard InChI is InChI=1S/C17H25NO3/c1-20-11-12-21-15-8-4-3-7-14(15)16(19)17(13-18)9-5-2-6-10-17/h3-4,7-8H,2,5-6,9-13,18H2,1H3. The summed E-state index contributed by atoms with van der Waals surface area (Å²) in [5.74, 6) is 0.774. The Labute approximate surface area is 126 Å². The lowest BCUT2D eigenvalue weighted by atomic mass is 9.69. The summed E-state index contributed by atoms with van der Waals surface area (Å²) < 4.78 is 10.7. The first-order valence-electron chi connectivity index (χ1n) is 7.69. The number of methoxy groups -OCH3 is 1. The predicted octanol–water partition coefficient (Wildman–Crippen LogP) is 2.80. The molecule has 1 aromatic rings. The molecule has 0 aliphatic heterocycles. The first kappa shape index (κ1) is 16.0. The lowest BCUT2D eigenvalue weighted by molar-refractivity contribution is 0.0722. The highest BCUT2D eigenvalue weighted by Gasteiger charge is 2.39. The van der Waals surface area contributed by atoms with Gasteiger partial charge in [-0.05, 0) is 25.0 Å². The third-order valence-corrected chi connectivity index (χ3v) is 4.36. The van der Waals surface area contributed by atoms with Crippen LogP contribution in [-0.2, 0) is 4.74 Å². The number of rotatable bonds is 7. The number of ketones is 1. The Morgan fingerprint density at radius 3 is 2.57 bits per heavy atom. The average molecular weight is 291 g/mol. The van der Waals surface area contributed by atoms with Gasteiger partial charge in [0.1, 0.15) is 12.4 Å². The summed E-state index contributed by atoms with van der Waals surface area (Å²) in [7, 11) is 1.63. The van der Waals surface area contributed by atoms with E-state index in [2.05, 4.69) is 0 Å². The van der Waals surface area contributed by atoms with Crippen molar-refractivity contribution >= 4 is 5.78 Å². The number of carbonyl (C=O) groups is 1. The number of para-hydroxylation sites is 1. The van der Waals surface area contributed by atoms with Crippen LogP contribution in [0.5, 0.6) is 5.75 Å². The van der Waals surface area contributed by atoms with Crippen LogP contribution in [-0.4, -0.2) is 32.7 Å². The third kappa shape index (κ3) is 3.63. The molecule has 0 amide bonds. The van der Waals surface area contributed by atoms with Crippen LogP contribution >= 0.6 is 0 Å². The smallest absolute Gasteiger partial charge is 0.173 e. The van der Waals surface area contributed by atoms with E-state index in [9.17, 15) is 4.79 Å². The van der Waals surface area contributed by atoms with Crippen molar-refractivity contribution in [2.45, 2.75) is 32.1 Å². The highest BCUT2D eigenvalue weighted by molar-refractivity contribution is 6.03. The minimum Gasteiger partial charge on any atom is -0.490 e. The van der Waals surface area contributed by atoms with Crippen LogP contribution in [0.15, 0.2) is 24.3 Å². The first-order valence-corrected chi connectivity index (χ1v) is 7.69. The van der Waals surface area contributed by atoms with E-state index in [1.165, 1.54) is 6.42 Å². The van der Waals surface area contributed by atoms with E-state index >= 15 is 0 Å². The largest absolute Gasteiger partial charge is 0.490 e. The zero-order valence-electron chi connectivity index (χ0n) is 12.8. The number of Topliss-reactive ketones (excluding diaryl/α,β-unsaturated/α-hetero) is 1. The van der Waals surface area contributed by atoms with Crippen molar-refractivity contribution in [2.75, 3.05) is 26.9 Å². The summed E-state index contributed by atoms with van der Waals surface area (Å²) in [5.41, 5.74) is 6.22. The second-order valence-corrected chi connectivity index (χ2v) is 5.71. The molecule has 1 aliphatic rings. The third-order valence-electron chi connectivity index (χ3n) is 4.36. The van der Waals surface area contributed by atoms with Gasteiger partial charge in [-0.3, -0.25) is 4.79 Å². The van der Waals surface area contributed by atoms with Crippen molar-refractivity contribution in [3.8, 4) is 5.75 Å². The molecule has 2 rings (SSSR count). The summed E-state index contributed by atoms with van der Waals surface area (Å²) >= 11 is 0. The zero-order valence-corrected chi connectivity index (χ0v) is 12.8. The number of hydrogen-bond donors (Lipinski definition) is 1. The van der Waals surface area contributed by atoms with E-state index in [0.717, 1.165) is 25.7 Å². The van der Waals surface area contributed by atoms with E-state index < -0.39 is 5.41 Å². The molecule has 21 heavy (non-hydrogen) atoms. The molecule has 116 valence electrons. The molecule has 4 heteroatoms. The van der Waals surface area contributed by atoms with Crippen LogP contribution < -0.4 is 10.5 Å². The van der Waals surface area contributed by atoms with Gasteiger partial charge >= 0.3 is 0 Å². The van der Waals surface area contributed by atoms with Gasteiger partial charge in [-0.1, -0.05) is 31.4 Å². The molecule has 4 nitrogen and oxygen atoms in total. The van der Waals surface area contributed by atoms with Crippen molar-refractivity contribution in [2.24, 2.45) is 11.1 Å². The molecule has 0 heterocycles. The fraction of sp³-hybridized carbons (Fsp3) is 0.588. The number of hydrogen-bond acceptors (Lipinski definition) is 4. The normalized spacial score (nSPS) is 17.4. The molecule has 0 atom stereocenters. The van der Waals surface area contributed by atoms with Gasteiger partial charge in [0.25, 0.3) is 0 Å².